The number of carbonyl (C=O) groups is 1. The number of nitriles is 1. The van der Waals surface area contributed by atoms with Crippen LogP contribution in [0.5, 0.6) is 0 Å². The average molecular weight is 349 g/mol. The molecule has 24 heavy (non-hydrogen) atoms. The number of aryl methyl sites for hydroxylation is 1. The molecule has 2 rings (SSSR count). The van der Waals surface area contributed by atoms with Crippen molar-refractivity contribution in [1.82, 2.24) is 9.78 Å². The summed E-state index contributed by atoms with van der Waals surface area (Å²) in [6.45, 7) is 4.96. The minimum Gasteiger partial charge on any atom is -0.462 e. The molecular formula is C14H15N5O4S. The van der Waals surface area contributed by atoms with Crippen LogP contribution in [-0.4, -0.2) is 27.3 Å². The van der Waals surface area contributed by atoms with Gasteiger partial charge in [-0.25, -0.2) is 4.79 Å². The van der Waals surface area contributed by atoms with E-state index in [0.29, 0.717) is 11.3 Å². The first-order chi connectivity index (χ1) is 11.3. The molecule has 0 atom stereocenters. The van der Waals surface area contributed by atoms with E-state index in [2.05, 4.69) is 5.10 Å². The fraction of sp³-hybridized carbons (Fsp3) is 0.357. The number of rotatable bonds is 5. The third-order valence-corrected chi connectivity index (χ3v) is 4.48. The molecule has 2 heterocycles. The quantitative estimate of drug-likeness (QED) is 0.496. The highest BCUT2D eigenvalue weighted by Crippen LogP contribution is 2.33. The van der Waals surface area contributed by atoms with Crippen LogP contribution < -0.4 is 5.73 Å². The SMILES string of the molecule is CCOC(=O)c1sc(N)c(C#N)c1Cn1nc(C)c([N+](=O)[O-])c1C. The summed E-state index contributed by atoms with van der Waals surface area (Å²) in [6.07, 6.45) is 0. The molecule has 0 radical (unpaired) electrons. The number of carbonyl (C=O) groups excluding carboxylic acids is 1. The van der Waals surface area contributed by atoms with Gasteiger partial charge in [-0.2, -0.15) is 10.4 Å². The van der Waals surface area contributed by atoms with Crippen molar-refractivity contribution in [2.24, 2.45) is 0 Å². The van der Waals surface area contributed by atoms with E-state index < -0.39 is 10.9 Å². The maximum Gasteiger partial charge on any atom is 0.348 e. The van der Waals surface area contributed by atoms with E-state index in [1.54, 1.807) is 13.8 Å². The monoisotopic (exact) mass is 349 g/mol. The Morgan fingerprint density at radius 3 is 2.71 bits per heavy atom. The molecule has 2 aromatic heterocycles. The van der Waals surface area contributed by atoms with E-state index in [1.807, 2.05) is 6.07 Å². The first-order valence-corrected chi connectivity index (χ1v) is 7.80. The second-order valence-electron chi connectivity index (χ2n) is 4.92. The molecule has 2 aromatic rings. The predicted octanol–water partition coefficient (Wildman–Crippen LogP) is 2.15. The van der Waals surface area contributed by atoms with Crippen molar-refractivity contribution in [2.45, 2.75) is 27.3 Å². The average Bonchev–Trinajstić information content (AvgIpc) is 2.96. The highest BCUT2D eigenvalue weighted by atomic mass is 32.1. The zero-order valence-corrected chi connectivity index (χ0v) is 14.1. The van der Waals surface area contributed by atoms with Crippen LogP contribution in [0.2, 0.25) is 0 Å². The zero-order valence-electron chi connectivity index (χ0n) is 13.3. The number of aromatic nitrogens is 2. The normalized spacial score (nSPS) is 10.4. The van der Waals surface area contributed by atoms with Crippen LogP contribution in [-0.2, 0) is 11.3 Å². The maximum absolute atomic E-state index is 12.1. The summed E-state index contributed by atoms with van der Waals surface area (Å²) in [6, 6.07) is 1.97. The largest absolute Gasteiger partial charge is 0.462 e. The molecule has 2 N–H and O–H groups in total. The number of hydrogen-bond acceptors (Lipinski definition) is 8. The summed E-state index contributed by atoms with van der Waals surface area (Å²) in [5.41, 5.74) is 6.84. The highest BCUT2D eigenvalue weighted by molar-refractivity contribution is 7.18. The molecule has 0 aromatic carbocycles. The molecule has 0 spiro atoms. The lowest BCUT2D eigenvalue weighted by molar-refractivity contribution is -0.386. The number of anilines is 1. The molecule has 126 valence electrons. The van der Waals surface area contributed by atoms with Gasteiger partial charge in [-0.3, -0.25) is 14.8 Å². The van der Waals surface area contributed by atoms with Gasteiger partial charge in [-0.05, 0) is 20.8 Å². The van der Waals surface area contributed by atoms with Crippen molar-refractivity contribution in [1.29, 1.82) is 5.26 Å². The first-order valence-electron chi connectivity index (χ1n) is 6.98. The van der Waals surface area contributed by atoms with Crippen molar-refractivity contribution < 1.29 is 14.5 Å². The van der Waals surface area contributed by atoms with Crippen LogP contribution in [0.15, 0.2) is 0 Å². The summed E-state index contributed by atoms with van der Waals surface area (Å²) in [4.78, 5) is 22.9. The number of esters is 1. The fourth-order valence-corrected chi connectivity index (χ4v) is 3.30. The van der Waals surface area contributed by atoms with Gasteiger partial charge in [-0.15, -0.1) is 11.3 Å². The summed E-state index contributed by atoms with van der Waals surface area (Å²) in [5, 5.41) is 24.7. The van der Waals surface area contributed by atoms with Gasteiger partial charge in [-0.1, -0.05) is 0 Å². The van der Waals surface area contributed by atoms with E-state index in [9.17, 15) is 20.2 Å². The van der Waals surface area contributed by atoms with E-state index in [0.717, 1.165) is 11.3 Å². The first kappa shape index (κ1) is 17.4. The van der Waals surface area contributed by atoms with Crippen molar-refractivity contribution in [2.75, 3.05) is 12.3 Å². The number of nitro groups is 1. The van der Waals surface area contributed by atoms with Gasteiger partial charge in [0.15, 0.2) is 0 Å². The van der Waals surface area contributed by atoms with Crippen molar-refractivity contribution >= 4 is 28.0 Å². The Kier molecular flexibility index (Phi) is 4.85. The Hall–Kier alpha value is -2.93. The fourth-order valence-electron chi connectivity index (χ4n) is 2.38. The van der Waals surface area contributed by atoms with E-state index in [1.165, 1.54) is 11.6 Å². The number of nitrogen functional groups attached to an aromatic ring is 1. The van der Waals surface area contributed by atoms with Crippen LogP contribution in [0.3, 0.4) is 0 Å². The zero-order chi connectivity index (χ0) is 18.0. The lowest BCUT2D eigenvalue weighted by Crippen LogP contribution is -2.11. The second kappa shape index (κ2) is 6.67. The summed E-state index contributed by atoms with van der Waals surface area (Å²) < 4.78 is 6.37. The van der Waals surface area contributed by atoms with Crippen molar-refractivity contribution in [3.63, 3.8) is 0 Å². The van der Waals surface area contributed by atoms with Gasteiger partial charge >= 0.3 is 11.7 Å². The number of hydrogen-bond donors (Lipinski definition) is 1. The standard InChI is InChI=1S/C14H15N5O4S/c1-4-23-14(20)12-10(9(5-15)13(16)24-12)6-18-8(3)11(19(21)22)7(2)17-18/h4,6,16H2,1-3H3. The predicted molar refractivity (Wildman–Crippen MR) is 86.9 cm³/mol. The van der Waals surface area contributed by atoms with Crippen LogP contribution in [0, 0.1) is 35.3 Å². The second-order valence-corrected chi connectivity index (χ2v) is 5.97. The summed E-state index contributed by atoms with van der Waals surface area (Å²) >= 11 is 0.962. The van der Waals surface area contributed by atoms with Crippen LogP contribution in [0.1, 0.15) is 39.1 Å². The van der Waals surface area contributed by atoms with Crippen LogP contribution in [0.4, 0.5) is 10.7 Å². The molecule has 9 nitrogen and oxygen atoms in total. The Bertz CT molecular complexity index is 862. The Labute approximate surface area is 141 Å². The molecule has 0 saturated heterocycles. The third-order valence-electron chi connectivity index (χ3n) is 3.44. The Balaban J connectivity index is 2.54. The minimum absolute atomic E-state index is 0.0191. The molecule has 0 aliphatic heterocycles. The van der Waals surface area contributed by atoms with Crippen LogP contribution in [0.25, 0.3) is 0 Å². The van der Waals surface area contributed by atoms with E-state index in [-0.39, 0.29) is 40.0 Å². The minimum atomic E-state index is -0.582. The lowest BCUT2D eigenvalue weighted by Gasteiger charge is -2.06. The number of nitrogens with two attached hydrogens (primary N) is 1. The Morgan fingerprint density at radius 1 is 1.54 bits per heavy atom. The molecule has 0 aliphatic rings. The molecule has 10 heteroatoms. The molecule has 0 fully saturated rings. The van der Waals surface area contributed by atoms with Gasteiger partial charge in [0.2, 0.25) is 0 Å². The highest BCUT2D eigenvalue weighted by Gasteiger charge is 2.26. The van der Waals surface area contributed by atoms with Gasteiger partial charge in [0, 0.05) is 5.56 Å². The third kappa shape index (κ3) is 2.93. The van der Waals surface area contributed by atoms with Crippen molar-refractivity contribution in [3.8, 4) is 6.07 Å². The van der Waals surface area contributed by atoms with Crippen molar-refractivity contribution in [3.05, 3.63) is 37.5 Å². The van der Waals surface area contributed by atoms with Gasteiger partial charge in [0.05, 0.1) is 23.6 Å². The smallest absolute Gasteiger partial charge is 0.348 e. The maximum atomic E-state index is 12.1. The number of nitrogens with zero attached hydrogens (tertiary/aromatic N) is 4. The molecule has 0 bridgehead atoms. The van der Waals surface area contributed by atoms with Gasteiger partial charge in [0.1, 0.15) is 27.3 Å². The lowest BCUT2D eigenvalue weighted by atomic mass is 10.1. The summed E-state index contributed by atoms with van der Waals surface area (Å²) in [5.74, 6) is -0.582. The molecule has 0 amide bonds. The number of ether oxygens (including phenoxy) is 1. The van der Waals surface area contributed by atoms with E-state index >= 15 is 0 Å². The van der Waals surface area contributed by atoms with Gasteiger partial charge in [0.25, 0.3) is 0 Å². The molecule has 0 unspecified atom stereocenters. The van der Waals surface area contributed by atoms with Gasteiger partial charge < -0.3 is 10.5 Å². The number of thiophene rings is 1. The molecular weight excluding hydrogens is 334 g/mol. The molecule has 0 saturated carbocycles. The van der Waals surface area contributed by atoms with E-state index in [4.69, 9.17) is 10.5 Å². The summed E-state index contributed by atoms with van der Waals surface area (Å²) in [7, 11) is 0. The van der Waals surface area contributed by atoms with Crippen LogP contribution >= 0.6 is 11.3 Å². The Morgan fingerprint density at radius 2 is 2.21 bits per heavy atom. The molecule has 0 aliphatic carbocycles. The topological polar surface area (TPSA) is 137 Å².